The maximum absolute atomic E-state index is 4.38. The minimum Gasteiger partial charge on any atom is -0.306 e. The normalized spacial score (nSPS) is 13.4. The van der Waals surface area contributed by atoms with Gasteiger partial charge in [-0.2, -0.15) is 0 Å². The first kappa shape index (κ1) is 15.2. The summed E-state index contributed by atoms with van der Waals surface area (Å²) in [5, 5.41) is 3.57. The van der Waals surface area contributed by atoms with E-state index >= 15 is 0 Å². The van der Waals surface area contributed by atoms with Crippen molar-refractivity contribution in [3.63, 3.8) is 0 Å². The molecule has 1 atom stereocenters. The van der Waals surface area contributed by atoms with Crippen molar-refractivity contribution in [1.82, 2.24) is 10.3 Å². The van der Waals surface area contributed by atoms with Crippen LogP contribution in [0.4, 0.5) is 0 Å². The molecule has 1 aromatic carbocycles. The lowest BCUT2D eigenvalue weighted by Crippen LogP contribution is -2.22. The predicted molar refractivity (Wildman–Crippen MR) is 87.5 cm³/mol. The van der Waals surface area contributed by atoms with E-state index in [1.807, 2.05) is 5.51 Å². The van der Waals surface area contributed by atoms with Gasteiger partial charge in [0.1, 0.15) is 0 Å². The van der Waals surface area contributed by atoms with E-state index in [1.54, 1.807) is 11.3 Å². The molecule has 20 heavy (non-hydrogen) atoms. The summed E-state index contributed by atoms with van der Waals surface area (Å²) < 4.78 is 0. The minimum atomic E-state index is 0.201. The second kappa shape index (κ2) is 6.06. The molecular weight excluding hydrogens is 264 g/mol. The zero-order chi connectivity index (χ0) is 14.8. The van der Waals surface area contributed by atoms with Crippen LogP contribution in [0.2, 0.25) is 0 Å². The predicted octanol–water partition coefficient (Wildman–Crippen LogP) is 4.45. The molecule has 0 bridgehead atoms. The van der Waals surface area contributed by atoms with Gasteiger partial charge in [0.25, 0.3) is 0 Å². The van der Waals surface area contributed by atoms with Gasteiger partial charge in [-0.3, -0.25) is 0 Å². The molecule has 0 spiro atoms. The highest BCUT2D eigenvalue weighted by molar-refractivity contribution is 7.09. The van der Waals surface area contributed by atoms with E-state index < -0.39 is 0 Å². The van der Waals surface area contributed by atoms with Crippen molar-refractivity contribution in [3.05, 3.63) is 51.5 Å². The topological polar surface area (TPSA) is 24.9 Å². The van der Waals surface area contributed by atoms with Crippen molar-refractivity contribution < 1.29 is 0 Å². The van der Waals surface area contributed by atoms with Crippen LogP contribution in [0.1, 0.15) is 55.4 Å². The number of aryl methyl sites for hydroxylation is 1. The molecule has 1 unspecified atom stereocenters. The number of nitrogens with one attached hydrogen (secondary N) is 1. The van der Waals surface area contributed by atoms with Crippen molar-refractivity contribution in [3.8, 4) is 0 Å². The Labute approximate surface area is 126 Å². The van der Waals surface area contributed by atoms with Gasteiger partial charge in [-0.1, -0.05) is 52.0 Å². The number of nitrogens with zero attached hydrogens (tertiary/aromatic N) is 1. The highest BCUT2D eigenvalue weighted by atomic mass is 32.1. The SMILES string of the molecule is CCNC(c1ccc(C(C)(C)C)cc1)c1scnc1C. The van der Waals surface area contributed by atoms with Gasteiger partial charge in [0, 0.05) is 4.88 Å². The largest absolute Gasteiger partial charge is 0.306 e. The van der Waals surface area contributed by atoms with Crippen LogP contribution in [0.15, 0.2) is 29.8 Å². The number of hydrogen-bond donors (Lipinski definition) is 1. The lowest BCUT2D eigenvalue weighted by atomic mass is 9.86. The van der Waals surface area contributed by atoms with E-state index in [0.717, 1.165) is 12.2 Å². The minimum absolute atomic E-state index is 0.201. The van der Waals surface area contributed by atoms with Crippen LogP contribution in [0.3, 0.4) is 0 Å². The molecule has 0 aliphatic rings. The summed E-state index contributed by atoms with van der Waals surface area (Å²) in [4.78, 5) is 5.70. The summed E-state index contributed by atoms with van der Waals surface area (Å²) in [5.41, 5.74) is 5.94. The van der Waals surface area contributed by atoms with Gasteiger partial charge in [0.2, 0.25) is 0 Å². The number of benzene rings is 1. The van der Waals surface area contributed by atoms with Crippen LogP contribution in [0.5, 0.6) is 0 Å². The molecule has 1 N–H and O–H groups in total. The van der Waals surface area contributed by atoms with Crippen LogP contribution in [0.25, 0.3) is 0 Å². The standard InChI is InChI=1S/C17H24N2S/c1-6-18-15(16-12(2)19-11-20-16)13-7-9-14(10-8-13)17(3,4)5/h7-11,15,18H,6H2,1-5H3. The molecule has 0 aliphatic carbocycles. The van der Waals surface area contributed by atoms with Crippen molar-refractivity contribution in [1.29, 1.82) is 0 Å². The Kier molecular flexibility index (Phi) is 4.61. The summed E-state index contributed by atoms with van der Waals surface area (Å²) in [5.74, 6) is 0. The molecule has 2 nitrogen and oxygen atoms in total. The molecule has 0 radical (unpaired) electrons. The first-order valence-corrected chi connectivity index (χ1v) is 8.05. The Morgan fingerprint density at radius 1 is 1.20 bits per heavy atom. The van der Waals surface area contributed by atoms with Gasteiger partial charge >= 0.3 is 0 Å². The first-order chi connectivity index (χ1) is 9.43. The summed E-state index contributed by atoms with van der Waals surface area (Å²) in [7, 11) is 0. The average molecular weight is 288 g/mol. The molecule has 3 heteroatoms. The third-order valence-electron chi connectivity index (χ3n) is 3.56. The second-order valence-corrected chi connectivity index (χ2v) is 7.05. The van der Waals surface area contributed by atoms with E-state index in [-0.39, 0.29) is 11.5 Å². The fraction of sp³-hybridized carbons (Fsp3) is 0.471. The Hall–Kier alpha value is -1.19. The fourth-order valence-electron chi connectivity index (χ4n) is 2.33. The van der Waals surface area contributed by atoms with E-state index in [2.05, 4.69) is 69.2 Å². The molecule has 0 fully saturated rings. The Balaban J connectivity index is 2.33. The third-order valence-corrected chi connectivity index (χ3v) is 4.56. The molecule has 1 heterocycles. The van der Waals surface area contributed by atoms with Crippen molar-refractivity contribution in [2.75, 3.05) is 6.54 Å². The number of rotatable bonds is 4. The summed E-state index contributed by atoms with van der Waals surface area (Å²) >= 11 is 1.73. The first-order valence-electron chi connectivity index (χ1n) is 7.17. The fourth-order valence-corrected chi connectivity index (χ4v) is 3.23. The van der Waals surface area contributed by atoms with E-state index in [9.17, 15) is 0 Å². The molecule has 1 aromatic heterocycles. The number of hydrogen-bond acceptors (Lipinski definition) is 3. The van der Waals surface area contributed by atoms with Crippen molar-refractivity contribution in [2.45, 2.75) is 46.1 Å². The lowest BCUT2D eigenvalue weighted by Gasteiger charge is -2.22. The van der Waals surface area contributed by atoms with Crippen LogP contribution in [0, 0.1) is 6.92 Å². The highest BCUT2D eigenvalue weighted by Gasteiger charge is 2.19. The monoisotopic (exact) mass is 288 g/mol. The van der Waals surface area contributed by atoms with Crippen LogP contribution < -0.4 is 5.32 Å². The zero-order valence-corrected chi connectivity index (χ0v) is 13.8. The summed E-state index contributed by atoms with van der Waals surface area (Å²) in [6.45, 7) is 11.9. The van der Waals surface area contributed by atoms with Gasteiger partial charge < -0.3 is 5.32 Å². The molecule has 2 rings (SSSR count). The molecule has 0 saturated heterocycles. The van der Waals surface area contributed by atoms with Crippen molar-refractivity contribution in [2.24, 2.45) is 0 Å². The Bertz CT molecular complexity index is 549. The van der Waals surface area contributed by atoms with Crippen LogP contribution >= 0.6 is 11.3 Å². The van der Waals surface area contributed by atoms with Crippen LogP contribution in [-0.4, -0.2) is 11.5 Å². The smallest absolute Gasteiger partial charge is 0.0798 e. The molecular formula is C17H24N2S. The average Bonchev–Trinajstić information content (AvgIpc) is 2.81. The van der Waals surface area contributed by atoms with Gasteiger partial charge in [0.05, 0.1) is 17.2 Å². The summed E-state index contributed by atoms with van der Waals surface area (Å²) in [6.07, 6.45) is 0. The Morgan fingerprint density at radius 2 is 1.85 bits per heavy atom. The maximum atomic E-state index is 4.38. The maximum Gasteiger partial charge on any atom is 0.0798 e. The molecule has 0 aliphatic heterocycles. The molecule has 108 valence electrons. The second-order valence-electron chi connectivity index (χ2n) is 6.16. The molecule has 0 amide bonds. The number of aromatic nitrogens is 1. The van der Waals surface area contributed by atoms with Gasteiger partial charge in [0.15, 0.2) is 0 Å². The third kappa shape index (κ3) is 3.28. The highest BCUT2D eigenvalue weighted by Crippen LogP contribution is 2.30. The Morgan fingerprint density at radius 3 is 2.30 bits per heavy atom. The van der Waals surface area contributed by atoms with E-state index in [1.165, 1.54) is 16.0 Å². The quantitative estimate of drug-likeness (QED) is 0.899. The molecule has 2 aromatic rings. The lowest BCUT2D eigenvalue weighted by molar-refractivity contribution is 0.588. The van der Waals surface area contributed by atoms with Gasteiger partial charge in [-0.05, 0) is 30.0 Å². The van der Waals surface area contributed by atoms with E-state index in [0.29, 0.717) is 0 Å². The number of thiazole rings is 1. The van der Waals surface area contributed by atoms with Gasteiger partial charge in [-0.15, -0.1) is 11.3 Å². The van der Waals surface area contributed by atoms with Gasteiger partial charge in [-0.25, -0.2) is 4.98 Å². The molecule has 0 saturated carbocycles. The van der Waals surface area contributed by atoms with E-state index in [4.69, 9.17) is 0 Å². The van der Waals surface area contributed by atoms with Crippen molar-refractivity contribution >= 4 is 11.3 Å². The zero-order valence-electron chi connectivity index (χ0n) is 13.0. The van der Waals surface area contributed by atoms with Crippen LogP contribution in [-0.2, 0) is 5.41 Å². The summed E-state index contributed by atoms with van der Waals surface area (Å²) in [6, 6.07) is 9.23.